The molecular formula is C10H18ClNO3S. The maximum absolute atomic E-state index is 11.3. The Kier molecular flexibility index (Phi) is 3.50. The first-order valence-electron chi connectivity index (χ1n) is 5.78. The summed E-state index contributed by atoms with van der Waals surface area (Å²) in [5.74, 6) is 0. The van der Waals surface area contributed by atoms with Crippen molar-refractivity contribution in [3.8, 4) is 0 Å². The molecule has 94 valence electrons. The van der Waals surface area contributed by atoms with Gasteiger partial charge in [-0.1, -0.05) is 0 Å². The molecule has 0 amide bonds. The topological polar surface area (TPSA) is 57.6 Å². The average Bonchev–Trinajstić information content (AvgIpc) is 2.75. The van der Waals surface area contributed by atoms with E-state index < -0.39 is 19.9 Å². The summed E-state index contributed by atoms with van der Waals surface area (Å²) in [6.45, 7) is 2.60. The normalized spacial score (nSPS) is 26.9. The summed E-state index contributed by atoms with van der Waals surface area (Å²) >= 11 is 0. The number of rotatable bonds is 5. The van der Waals surface area contributed by atoms with Crippen molar-refractivity contribution in [2.75, 3.05) is 19.6 Å². The van der Waals surface area contributed by atoms with Crippen LogP contribution in [-0.4, -0.2) is 48.9 Å². The van der Waals surface area contributed by atoms with Gasteiger partial charge in [-0.05, 0) is 45.2 Å². The fourth-order valence-electron chi connectivity index (χ4n) is 2.44. The second-order valence-corrected chi connectivity index (χ2v) is 7.95. The fourth-order valence-corrected chi connectivity index (χ4v) is 4.08. The molecule has 1 saturated heterocycles. The predicted octanol–water partition coefficient (Wildman–Crippen LogP) is 0.934. The standard InChI is InChI=1S/C10H18ClNO3S/c11-16(14,15)10(3-4-10)7-9(13)8-12-5-1-2-6-12/h9,13H,1-8H2. The summed E-state index contributed by atoms with van der Waals surface area (Å²) in [6, 6.07) is 0. The van der Waals surface area contributed by atoms with Crippen LogP contribution >= 0.6 is 10.7 Å². The van der Waals surface area contributed by atoms with Crippen LogP contribution in [0.5, 0.6) is 0 Å². The van der Waals surface area contributed by atoms with Gasteiger partial charge in [0.2, 0.25) is 9.05 Å². The number of aliphatic hydroxyl groups excluding tert-OH is 1. The van der Waals surface area contributed by atoms with E-state index in [1.54, 1.807) is 0 Å². The van der Waals surface area contributed by atoms with Gasteiger partial charge in [-0.2, -0.15) is 0 Å². The van der Waals surface area contributed by atoms with Crippen LogP contribution in [0.25, 0.3) is 0 Å². The Balaban J connectivity index is 1.85. The van der Waals surface area contributed by atoms with E-state index in [2.05, 4.69) is 4.90 Å². The average molecular weight is 268 g/mol. The van der Waals surface area contributed by atoms with Gasteiger partial charge < -0.3 is 10.0 Å². The number of β-amino-alcohol motifs (C(OH)–C–C–N with tert-alkyl or cyclic N) is 1. The van der Waals surface area contributed by atoms with Crippen LogP contribution in [0.1, 0.15) is 32.1 Å². The van der Waals surface area contributed by atoms with Gasteiger partial charge in [0.15, 0.2) is 0 Å². The van der Waals surface area contributed by atoms with Crippen LogP contribution in [0.3, 0.4) is 0 Å². The van der Waals surface area contributed by atoms with Crippen LogP contribution < -0.4 is 0 Å². The first-order valence-corrected chi connectivity index (χ1v) is 8.09. The van der Waals surface area contributed by atoms with Gasteiger partial charge in [0.05, 0.1) is 10.9 Å². The molecule has 6 heteroatoms. The largest absolute Gasteiger partial charge is 0.392 e. The van der Waals surface area contributed by atoms with E-state index in [0.29, 0.717) is 19.4 Å². The highest BCUT2D eigenvalue weighted by atomic mass is 35.7. The molecule has 0 radical (unpaired) electrons. The molecular weight excluding hydrogens is 250 g/mol. The fraction of sp³-hybridized carbons (Fsp3) is 1.00. The van der Waals surface area contributed by atoms with E-state index in [9.17, 15) is 13.5 Å². The lowest BCUT2D eigenvalue weighted by molar-refractivity contribution is 0.114. The smallest absolute Gasteiger partial charge is 0.238 e. The SMILES string of the molecule is O=S(=O)(Cl)C1(CC(O)CN2CCCC2)CC1. The van der Waals surface area contributed by atoms with Crippen molar-refractivity contribution in [1.82, 2.24) is 4.90 Å². The van der Waals surface area contributed by atoms with Gasteiger partial charge in [0, 0.05) is 17.2 Å². The molecule has 2 aliphatic rings. The Hall–Kier alpha value is 0.160. The van der Waals surface area contributed by atoms with Crippen molar-refractivity contribution in [1.29, 1.82) is 0 Å². The zero-order chi connectivity index (χ0) is 11.8. The monoisotopic (exact) mass is 267 g/mol. The summed E-state index contributed by atoms with van der Waals surface area (Å²) in [6.07, 6.45) is 3.24. The van der Waals surface area contributed by atoms with Gasteiger partial charge in [-0.25, -0.2) is 8.42 Å². The van der Waals surface area contributed by atoms with Crippen LogP contribution in [0.2, 0.25) is 0 Å². The second-order valence-electron chi connectivity index (χ2n) is 4.99. The number of aliphatic hydroxyl groups is 1. The molecule has 1 atom stereocenters. The van der Waals surface area contributed by atoms with Crippen LogP contribution in [0, 0.1) is 0 Å². The molecule has 0 spiro atoms. The Morgan fingerprint density at radius 1 is 1.31 bits per heavy atom. The van der Waals surface area contributed by atoms with Gasteiger partial charge in [-0.3, -0.25) is 0 Å². The summed E-state index contributed by atoms with van der Waals surface area (Å²) in [7, 11) is 1.87. The molecule has 1 aliphatic heterocycles. The third kappa shape index (κ3) is 2.70. The Labute approximate surface area is 101 Å². The van der Waals surface area contributed by atoms with Crippen LogP contribution in [0.4, 0.5) is 0 Å². The van der Waals surface area contributed by atoms with Gasteiger partial charge in [0.25, 0.3) is 0 Å². The van der Waals surface area contributed by atoms with E-state index in [1.165, 1.54) is 12.8 Å². The zero-order valence-corrected chi connectivity index (χ0v) is 10.8. The van der Waals surface area contributed by atoms with Gasteiger partial charge >= 0.3 is 0 Å². The summed E-state index contributed by atoms with van der Waals surface area (Å²) < 4.78 is 21.8. The Morgan fingerprint density at radius 3 is 2.31 bits per heavy atom. The molecule has 1 saturated carbocycles. The zero-order valence-electron chi connectivity index (χ0n) is 9.23. The minimum Gasteiger partial charge on any atom is -0.392 e. The van der Waals surface area contributed by atoms with Crippen molar-refractivity contribution < 1.29 is 13.5 Å². The lowest BCUT2D eigenvalue weighted by atomic mass is 10.1. The second kappa shape index (κ2) is 4.44. The first kappa shape index (κ1) is 12.6. The summed E-state index contributed by atoms with van der Waals surface area (Å²) in [5.41, 5.74) is 0. The highest BCUT2D eigenvalue weighted by molar-refractivity contribution is 8.15. The molecule has 0 aromatic rings. The molecule has 2 rings (SSSR count). The molecule has 16 heavy (non-hydrogen) atoms. The van der Waals surface area contributed by atoms with Crippen LogP contribution in [0.15, 0.2) is 0 Å². The number of hydrogen-bond acceptors (Lipinski definition) is 4. The van der Waals surface area contributed by atoms with Crippen molar-refractivity contribution in [2.45, 2.75) is 43.0 Å². The summed E-state index contributed by atoms with van der Waals surface area (Å²) in [5, 5.41) is 9.88. The molecule has 1 unspecified atom stereocenters. The number of halogens is 1. The van der Waals surface area contributed by atoms with Gasteiger partial charge in [-0.15, -0.1) is 0 Å². The molecule has 0 aromatic heterocycles. The minimum absolute atomic E-state index is 0.287. The highest BCUT2D eigenvalue weighted by Gasteiger charge is 2.54. The highest BCUT2D eigenvalue weighted by Crippen LogP contribution is 2.49. The van der Waals surface area contributed by atoms with E-state index >= 15 is 0 Å². The maximum atomic E-state index is 11.3. The molecule has 1 aliphatic carbocycles. The molecule has 1 N–H and O–H groups in total. The van der Waals surface area contributed by atoms with Crippen molar-refractivity contribution in [3.63, 3.8) is 0 Å². The van der Waals surface area contributed by atoms with Gasteiger partial charge in [0.1, 0.15) is 0 Å². The van der Waals surface area contributed by atoms with Crippen molar-refractivity contribution >= 4 is 19.7 Å². The van der Waals surface area contributed by atoms with E-state index in [0.717, 1.165) is 13.1 Å². The first-order chi connectivity index (χ1) is 7.43. The Morgan fingerprint density at radius 2 is 1.88 bits per heavy atom. The molecule has 4 nitrogen and oxygen atoms in total. The third-order valence-electron chi connectivity index (χ3n) is 3.60. The molecule has 2 fully saturated rings. The van der Waals surface area contributed by atoms with Crippen molar-refractivity contribution in [3.05, 3.63) is 0 Å². The summed E-state index contributed by atoms with van der Waals surface area (Å²) in [4.78, 5) is 2.18. The molecule has 0 bridgehead atoms. The van der Waals surface area contributed by atoms with E-state index in [4.69, 9.17) is 10.7 Å². The van der Waals surface area contributed by atoms with Crippen LogP contribution in [-0.2, 0) is 9.05 Å². The Bertz CT molecular complexity index is 347. The maximum Gasteiger partial charge on any atom is 0.238 e. The lowest BCUT2D eigenvalue weighted by Gasteiger charge is -2.22. The van der Waals surface area contributed by atoms with E-state index in [1.807, 2.05) is 0 Å². The predicted molar refractivity (Wildman–Crippen MR) is 63.0 cm³/mol. The third-order valence-corrected chi connectivity index (χ3v) is 6.19. The van der Waals surface area contributed by atoms with E-state index in [-0.39, 0.29) is 6.42 Å². The number of likely N-dealkylation sites (tertiary alicyclic amines) is 1. The number of nitrogens with zero attached hydrogens (tertiary/aromatic N) is 1. The molecule has 0 aromatic carbocycles. The quantitative estimate of drug-likeness (QED) is 0.753. The number of hydrogen-bond donors (Lipinski definition) is 1. The lowest BCUT2D eigenvalue weighted by Crippen LogP contribution is -2.34. The minimum atomic E-state index is -3.53. The molecule has 1 heterocycles. The van der Waals surface area contributed by atoms with Crippen molar-refractivity contribution in [2.24, 2.45) is 0 Å².